The van der Waals surface area contributed by atoms with E-state index in [9.17, 15) is 9.59 Å². The maximum atomic E-state index is 12.9. The van der Waals surface area contributed by atoms with Gasteiger partial charge in [0.25, 0.3) is 5.91 Å². The molecule has 1 aromatic rings. The highest BCUT2D eigenvalue weighted by atomic mass is 16.5. The van der Waals surface area contributed by atoms with E-state index < -0.39 is 5.91 Å². The monoisotopic (exact) mass is 366 g/mol. The van der Waals surface area contributed by atoms with Crippen LogP contribution < -0.4 is 10.8 Å². The summed E-state index contributed by atoms with van der Waals surface area (Å²) in [5, 5.41) is 11.7. The van der Waals surface area contributed by atoms with Crippen molar-refractivity contribution < 1.29 is 14.8 Å². The molecule has 2 amide bonds. The number of carbonyl (C=O) groups is 2. The fraction of sp³-hybridized carbons (Fsp3) is 0.545. The zero-order chi connectivity index (χ0) is 18.6. The quantitative estimate of drug-likeness (QED) is 0.426. The highest BCUT2D eigenvalue weighted by Gasteiger charge is 2.75. The molecule has 0 heterocycles. The Kier molecular flexibility index (Phi) is 3.90. The van der Waals surface area contributed by atoms with Gasteiger partial charge in [-0.2, -0.15) is 0 Å². The molecule has 4 bridgehead atoms. The first-order chi connectivity index (χ1) is 13.1. The molecule has 1 spiro atoms. The number of hydroxylamine groups is 1. The van der Waals surface area contributed by atoms with Crippen molar-refractivity contribution in [2.24, 2.45) is 35.0 Å². The maximum Gasteiger partial charge on any atom is 0.267 e. The fourth-order valence-electron chi connectivity index (χ4n) is 6.87. The number of rotatable bonds is 5. The second-order valence-corrected chi connectivity index (χ2v) is 9.11. The molecular formula is C22H26N2O3. The molecule has 6 rings (SSSR count). The standard InChI is InChI=1S/C22H26N2O3/c25-18(24-27)6-5-13-1-3-14(4-2-13)12-23-21(26)20-19-17-8-15-7-16(9-17)11-22(19,20)10-15/h1-6,15-17,19-20,27H,7-12H2,(H,23,26)(H,24,25). The third-order valence-electron chi connectivity index (χ3n) is 7.58. The highest BCUT2D eigenvalue weighted by molar-refractivity contribution is 5.90. The molecule has 5 heteroatoms. The van der Waals surface area contributed by atoms with Crippen molar-refractivity contribution in [3.05, 3.63) is 41.5 Å². The molecule has 5 aliphatic rings. The van der Waals surface area contributed by atoms with E-state index in [-0.39, 0.29) is 11.8 Å². The van der Waals surface area contributed by atoms with Gasteiger partial charge in [-0.05, 0) is 78.4 Å². The molecule has 142 valence electrons. The number of benzene rings is 1. The van der Waals surface area contributed by atoms with Gasteiger partial charge in [0, 0.05) is 18.5 Å². The van der Waals surface area contributed by atoms with Crippen LogP contribution in [-0.2, 0) is 16.1 Å². The summed E-state index contributed by atoms with van der Waals surface area (Å²) in [4.78, 5) is 23.9. The first kappa shape index (κ1) is 17.0. The van der Waals surface area contributed by atoms with Gasteiger partial charge in [-0.1, -0.05) is 24.3 Å². The predicted molar refractivity (Wildman–Crippen MR) is 100 cm³/mol. The topological polar surface area (TPSA) is 78.4 Å². The van der Waals surface area contributed by atoms with E-state index in [1.165, 1.54) is 38.2 Å². The van der Waals surface area contributed by atoms with E-state index in [4.69, 9.17) is 5.21 Å². The van der Waals surface area contributed by atoms with Gasteiger partial charge in [-0.25, -0.2) is 5.48 Å². The number of amides is 2. The predicted octanol–water partition coefficient (Wildman–Crippen LogP) is 2.89. The third-order valence-corrected chi connectivity index (χ3v) is 7.58. The zero-order valence-electron chi connectivity index (χ0n) is 15.4. The average molecular weight is 366 g/mol. The Hall–Kier alpha value is -2.14. The van der Waals surface area contributed by atoms with Gasteiger partial charge in [0.2, 0.25) is 5.91 Å². The van der Waals surface area contributed by atoms with Crippen molar-refractivity contribution >= 4 is 17.9 Å². The molecule has 1 aromatic carbocycles. The Morgan fingerprint density at radius 2 is 1.81 bits per heavy atom. The number of hydrogen-bond acceptors (Lipinski definition) is 3. The molecular weight excluding hydrogens is 340 g/mol. The molecule has 0 aromatic heterocycles. The van der Waals surface area contributed by atoms with E-state index in [0.29, 0.717) is 17.9 Å². The van der Waals surface area contributed by atoms with Gasteiger partial charge >= 0.3 is 0 Å². The minimum Gasteiger partial charge on any atom is -0.352 e. The van der Waals surface area contributed by atoms with E-state index in [1.54, 1.807) is 11.6 Å². The molecule has 4 atom stereocenters. The maximum absolute atomic E-state index is 12.9. The molecule has 5 saturated carbocycles. The molecule has 5 aliphatic carbocycles. The summed E-state index contributed by atoms with van der Waals surface area (Å²) in [6, 6.07) is 7.72. The summed E-state index contributed by atoms with van der Waals surface area (Å²) in [7, 11) is 0. The lowest BCUT2D eigenvalue weighted by molar-refractivity contribution is -0.124. The largest absolute Gasteiger partial charge is 0.352 e. The van der Waals surface area contributed by atoms with Crippen LogP contribution in [0.25, 0.3) is 6.08 Å². The summed E-state index contributed by atoms with van der Waals surface area (Å²) in [5.74, 6) is 3.23. The van der Waals surface area contributed by atoms with Crippen molar-refractivity contribution in [1.29, 1.82) is 0 Å². The Morgan fingerprint density at radius 1 is 1.11 bits per heavy atom. The van der Waals surface area contributed by atoms with Crippen molar-refractivity contribution in [3.63, 3.8) is 0 Å². The van der Waals surface area contributed by atoms with E-state index in [1.807, 2.05) is 24.3 Å². The van der Waals surface area contributed by atoms with Crippen LogP contribution in [0.2, 0.25) is 0 Å². The summed E-state index contributed by atoms with van der Waals surface area (Å²) in [5.41, 5.74) is 3.85. The Balaban J connectivity index is 1.19. The summed E-state index contributed by atoms with van der Waals surface area (Å²) >= 11 is 0. The minimum absolute atomic E-state index is 0.261. The van der Waals surface area contributed by atoms with Crippen LogP contribution in [0.1, 0.15) is 43.2 Å². The van der Waals surface area contributed by atoms with Crippen LogP contribution in [-0.4, -0.2) is 17.0 Å². The highest BCUT2D eigenvalue weighted by Crippen LogP contribution is 2.78. The lowest BCUT2D eigenvalue weighted by atomic mass is 9.56. The van der Waals surface area contributed by atoms with Crippen LogP contribution in [0.4, 0.5) is 0 Å². The number of carbonyl (C=O) groups excluding carboxylic acids is 2. The molecule has 4 unspecified atom stereocenters. The SMILES string of the molecule is O=C(C=Cc1ccc(CNC(=O)C2C3C4CC5CC(C4)CC23C5)cc1)NO. The van der Waals surface area contributed by atoms with Gasteiger partial charge in [0.05, 0.1) is 0 Å². The summed E-state index contributed by atoms with van der Waals surface area (Å²) in [6.07, 6.45) is 9.66. The first-order valence-electron chi connectivity index (χ1n) is 10.1. The van der Waals surface area contributed by atoms with Crippen LogP contribution >= 0.6 is 0 Å². The first-order valence-corrected chi connectivity index (χ1v) is 10.1. The van der Waals surface area contributed by atoms with Crippen molar-refractivity contribution in [3.8, 4) is 0 Å². The van der Waals surface area contributed by atoms with Crippen LogP contribution in [0.3, 0.4) is 0 Å². The minimum atomic E-state index is -0.556. The molecule has 5 nitrogen and oxygen atoms in total. The Morgan fingerprint density at radius 3 is 2.48 bits per heavy atom. The molecule has 5 fully saturated rings. The molecule has 0 aliphatic heterocycles. The van der Waals surface area contributed by atoms with Crippen LogP contribution in [0.5, 0.6) is 0 Å². The second-order valence-electron chi connectivity index (χ2n) is 9.11. The number of nitrogens with one attached hydrogen (secondary N) is 2. The van der Waals surface area contributed by atoms with Gasteiger partial charge in [0.1, 0.15) is 0 Å². The van der Waals surface area contributed by atoms with Crippen LogP contribution in [0, 0.1) is 35.0 Å². The smallest absolute Gasteiger partial charge is 0.267 e. The lowest BCUT2D eigenvalue weighted by Crippen LogP contribution is -2.39. The van der Waals surface area contributed by atoms with Gasteiger partial charge in [0.15, 0.2) is 0 Å². The van der Waals surface area contributed by atoms with Gasteiger partial charge < -0.3 is 5.32 Å². The Labute approximate surface area is 159 Å². The fourth-order valence-corrected chi connectivity index (χ4v) is 6.87. The molecule has 3 N–H and O–H groups in total. The van der Waals surface area contributed by atoms with E-state index in [0.717, 1.165) is 28.9 Å². The zero-order valence-corrected chi connectivity index (χ0v) is 15.4. The summed E-state index contributed by atoms with van der Waals surface area (Å²) in [6.45, 7) is 0.552. The lowest BCUT2D eigenvalue weighted by Gasteiger charge is -2.49. The molecule has 0 radical (unpaired) electrons. The van der Waals surface area contributed by atoms with E-state index >= 15 is 0 Å². The average Bonchev–Trinajstić information content (AvgIpc) is 3.32. The molecule has 0 saturated heterocycles. The third kappa shape index (κ3) is 2.80. The molecule has 27 heavy (non-hydrogen) atoms. The normalized spacial score (nSPS) is 37.9. The summed E-state index contributed by atoms with van der Waals surface area (Å²) < 4.78 is 0. The Bertz CT molecular complexity index is 786. The van der Waals surface area contributed by atoms with Crippen molar-refractivity contribution in [2.75, 3.05) is 0 Å². The van der Waals surface area contributed by atoms with Gasteiger partial charge in [-0.15, -0.1) is 0 Å². The number of hydrogen-bond donors (Lipinski definition) is 3. The second kappa shape index (κ2) is 6.20. The van der Waals surface area contributed by atoms with Crippen LogP contribution in [0.15, 0.2) is 30.3 Å². The van der Waals surface area contributed by atoms with E-state index in [2.05, 4.69) is 5.32 Å². The van der Waals surface area contributed by atoms with Gasteiger partial charge in [-0.3, -0.25) is 14.8 Å². The van der Waals surface area contributed by atoms with Crippen molar-refractivity contribution in [2.45, 2.75) is 38.6 Å². The van der Waals surface area contributed by atoms with Crippen molar-refractivity contribution in [1.82, 2.24) is 10.8 Å².